The lowest BCUT2D eigenvalue weighted by molar-refractivity contribution is 0.0812. The summed E-state index contributed by atoms with van der Waals surface area (Å²) in [7, 11) is 1.73. The minimum atomic E-state index is -0.113. The lowest BCUT2D eigenvalue weighted by atomic mass is 10.3. The molecule has 100 valence electrons. The summed E-state index contributed by atoms with van der Waals surface area (Å²) in [4.78, 5) is 18.4. The molecule has 0 aromatic carbocycles. The fourth-order valence-electron chi connectivity index (χ4n) is 1.44. The van der Waals surface area contributed by atoms with E-state index in [1.165, 1.54) is 11.3 Å². The van der Waals surface area contributed by atoms with Gasteiger partial charge in [-0.3, -0.25) is 4.79 Å². The second-order valence-corrected chi connectivity index (χ2v) is 5.28. The Kier molecular flexibility index (Phi) is 5.15. The number of carbonyl (C=O) groups is 1. The predicted octanol–water partition coefficient (Wildman–Crippen LogP) is 2.20. The molecule has 1 heterocycles. The van der Waals surface area contributed by atoms with Crippen molar-refractivity contribution in [1.82, 2.24) is 9.88 Å². The minimum absolute atomic E-state index is 0.113. The second-order valence-electron chi connectivity index (χ2n) is 4.28. The van der Waals surface area contributed by atoms with Gasteiger partial charge in [0, 0.05) is 20.1 Å². The molecule has 0 unspecified atom stereocenters. The first-order chi connectivity index (χ1) is 8.45. The lowest BCUT2D eigenvalue weighted by Gasteiger charge is -2.15. The van der Waals surface area contributed by atoms with Gasteiger partial charge in [-0.2, -0.15) is 0 Å². The van der Waals surface area contributed by atoms with Crippen LogP contribution in [0.2, 0.25) is 0 Å². The number of thiazole rings is 1. The highest BCUT2D eigenvalue weighted by molar-refractivity contribution is 7.18. The van der Waals surface area contributed by atoms with E-state index in [0.717, 1.165) is 18.5 Å². The van der Waals surface area contributed by atoms with Crippen LogP contribution in [0.1, 0.15) is 29.9 Å². The number of rotatable bonds is 6. The first-order valence-electron chi connectivity index (χ1n) is 5.85. The van der Waals surface area contributed by atoms with Gasteiger partial charge in [-0.15, -0.1) is 0 Å². The number of hydrogen-bond acceptors (Lipinski definition) is 5. The molecule has 0 saturated carbocycles. The maximum Gasteiger partial charge on any atom is 0.267 e. The first-order valence-corrected chi connectivity index (χ1v) is 6.67. The van der Waals surface area contributed by atoms with E-state index in [1.807, 2.05) is 6.92 Å². The molecule has 1 rings (SSSR count). The van der Waals surface area contributed by atoms with Crippen molar-refractivity contribution in [2.75, 3.05) is 31.2 Å². The molecule has 0 radical (unpaired) electrons. The largest absolute Gasteiger partial charge is 0.382 e. The fourth-order valence-corrected chi connectivity index (χ4v) is 2.35. The van der Waals surface area contributed by atoms with Gasteiger partial charge in [0.05, 0.1) is 0 Å². The molecule has 0 aliphatic rings. The molecule has 0 spiro atoms. The average Bonchev–Trinajstić information content (AvgIpc) is 2.66. The molecule has 0 atom stereocenters. The van der Waals surface area contributed by atoms with Crippen LogP contribution >= 0.6 is 11.3 Å². The van der Waals surface area contributed by atoms with E-state index >= 15 is 0 Å². The van der Waals surface area contributed by atoms with E-state index in [-0.39, 0.29) is 11.7 Å². The topological polar surface area (TPSA) is 71.2 Å². The number of anilines is 2. The molecule has 1 aromatic rings. The third-order valence-corrected chi connectivity index (χ3v) is 3.24. The Hall–Kier alpha value is -1.56. The molecule has 0 bridgehead atoms. The molecule has 1 aromatic heterocycles. The number of likely N-dealkylation sites (N-methyl/N-ethyl adjacent to an activating group) is 1. The molecule has 0 aliphatic heterocycles. The summed E-state index contributed by atoms with van der Waals surface area (Å²) in [5.41, 5.74) is 6.70. The maximum atomic E-state index is 12.1. The van der Waals surface area contributed by atoms with Crippen LogP contribution in [0.3, 0.4) is 0 Å². The van der Waals surface area contributed by atoms with Gasteiger partial charge in [-0.1, -0.05) is 30.4 Å². The highest BCUT2D eigenvalue weighted by Crippen LogP contribution is 2.26. The van der Waals surface area contributed by atoms with E-state index in [9.17, 15) is 4.79 Å². The van der Waals surface area contributed by atoms with Gasteiger partial charge in [0.1, 0.15) is 10.7 Å². The SMILES string of the molecule is C=C(C)CN(C)C(=O)c1sc(NCCC)nc1N. The summed E-state index contributed by atoms with van der Waals surface area (Å²) in [5, 5.41) is 3.82. The Morgan fingerprint density at radius 2 is 2.28 bits per heavy atom. The maximum absolute atomic E-state index is 12.1. The highest BCUT2D eigenvalue weighted by Gasteiger charge is 2.19. The Balaban J connectivity index is 2.79. The number of aromatic nitrogens is 1. The van der Waals surface area contributed by atoms with Crippen LogP contribution in [0.5, 0.6) is 0 Å². The number of nitrogens with zero attached hydrogens (tertiary/aromatic N) is 2. The van der Waals surface area contributed by atoms with Gasteiger partial charge in [0.25, 0.3) is 5.91 Å². The molecule has 5 nitrogen and oxygen atoms in total. The van der Waals surface area contributed by atoms with Crippen molar-refractivity contribution in [3.05, 3.63) is 17.0 Å². The van der Waals surface area contributed by atoms with Crippen molar-refractivity contribution in [3.8, 4) is 0 Å². The zero-order chi connectivity index (χ0) is 13.7. The first kappa shape index (κ1) is 14.5. The van der Waals surface area contributed by atoms with Crippen LogP contribution in [0.4, 0.5) is 10.9 Å². The van der Waals surface area contributed by atoms with E-state index in [2.05, 4.69) is 23.8 Å². The van der Waals surface area contributed by atoms with Crippen molar-refractivity contribution >= 4 is 28.2 Å². The minimum Gasteiger partial charge on any atom is -0.382 e. The summed E-state index contributed by atoms with van der Waals surface area (Å²) >= 11 is 1.29. The van der Waals surface area contributed by atoms with Crippen molar-refractivity contribution in [1.29, 1.82) is 0 Å². The Morgan fingerprint density at radius 1 is 1.61 bits per heavy atom. The standard InChI is InChI=1S/C12H20N4OS/c1-5-6-14-12-15-10(13)9(18-12)11(17)16(4)7-8(2)3/h2,5-7,13H2,1,3-4H3,(H,14,15). The number of amides is 1. The number of hydrogen-bond donors (Lipinski definition) is 2. The van der Waals surface area contributed by atoms with Crippen molar-refractivity contribution in [2.45, 2.75) is 20.3 Å². The summed E-state index contributed by atoms with van der Waals surface area (Å²) in [6.07, 6.45) is 0.998. The Labute approximate surface area is 112 Å². The van der Waals surface area contributed by atoms with E-state index < -0.39 is 0 Å². The third-order valence-electron chi connectivity index (χ3n) is 2.23. The third kappa shape index (κ3) is 3.73. The Morgan fingerprint density at radius 3 is 2.83 bits per heavy atom. The van der Waals surface area contributed by atoms with Gasteiger partial charge in [-0.25, -0.2) is 4.98 Å². The molecule has 6 heteroatoms. The molecule has 0 saturated heterocycles. The Bertz CT molecular complexity index is 441. The molecule has 0 aliphatic carbocycles. The van der Waals surface area contributed by atoms with E-state index in [1.54, 1.807) is 11.9 Å². The quantitative estimate of drug-likeness (QED) is 0.776. The van der Waals surface area contributed by atoms with Gasteiger partial charge in [-0.05, 0) is 13.3 Å². The molecule has 1 amide bonds. The molecular weight excluding hydrogens is 248 g/mol. The predicted molar refractivity (Wildman–Crippen MR) is 77.1 cm³/mol. The van der Waals surface area contributed by atoms with Crippen molar-refractivity contribution < 1.29 is 4.79 Å². The monoisotopic (exact) mass is 268 g/mol. The zero-order valence-corrected chi connectivity index (χ0v) is 11.9. The summed E-state index contributed by atoms with van der Waals surface area (Å²) in [5.74, 6) is 0.176. The normalized spacial score (nSPS) is 10.2. The molecule has 3 N–H and O–H groups in total. The summed E-state index contributed by atoms with van der Waals surface area (Å²) in [6.45, 7) is 9.08. The van der Waals surface area contributed by atoms with Gasteiger partial charge >= 0.3 is 0 Å². The van der Waals surface area contributed by atoms with Crippen LogP contribution in [0.25, 0.3) is 0 Å². The second kappa shape index (κ2) is 6.39. The van der Waals surface area contributed by atoms with Crippen LogP contribution in [0, 0.1) is 0 Å². The van der Waals surface area contributed by atoms with Crippen molar-refractivity contribution in [2.24, 2.45) is 0 Å². The number of nitrogens with two attached hydrogens (primary N) is 1. The van der Waals surface area contributed by atoms with Gasteiger partial charge in [0.2, 0.25) is 0 Å². The summed E-state index contributed by atoms with van der Waals surface area (Å²) in [6, 6.07) is 0. The number of nitrogen functional groups attached to an aromatic ring is 1. The number of nitrogens with one attached hydrogen (secondary N) is 1. The highest BCUT2D eigenvalue weighted by atomic mass is 32.1. The van der Waals surface area contributed by atoms with Crippen LogP contribution in [0.15, 0.2) is 12.2 Å². The van der Waals surface area contributed by atoms with Gasteiger partial charge in [0.15, 0.2) is 5.13 Å². The van der Waals surface area contributed by atoms with Crippen LogP contribution < -0.4 is 11.1 Å². The van der Waals surface area contributed by atoms with E-state index in [4.69, 9.17) is 5.73 Å². The van der Waals surface area contributed by atoms with Gasteiger partial charge < -0.3 is 16.0 Å². The molecule has 0 fully saturated rings. The zero-order valence-electron chi connectivity index (χ0n) is 11.1. The lowest BCUT2D eigenvalue weighted by Crippen LogP contribution is -2.28. The number of carbonyl (C=O) groups excluding carboxylic acids is 1. The fraction of sp³-hybridized carbons (Fsp3) is 0.500. The van der Waals surface area contributed by atoms with Crippen LogP contribution in [-0.4, -0.2) is 35.9 Å². The van der Waals surface area contributed by atoms with Crippen molar-refractivity contribution in [3.63, 3.8) is 0 Å². The summed E-state index contributed by atoms with van der Waals surface area (Å²) < 4.78 is 0. The average molecular weight is 268 g/mol. The van der Waals surface area contributed by atoms with Crippen LogP contribution in [-0.2, 0) is 0 Å². The van der Waals surface area contributed by atoms with E-state index in [0.29, 0.717) is 16.6 Å². The smallest absolute Gasteiger partial charge is 0.267 e. The molecule has 18 heavy (non-hydrogen) atoms. The molecular formula is C12H20N4OS.